The Morgan fingerprint density at radius 1 is 1.16 bits per heavy atom. The van der Waals surface area contributed by atoms with Gasteiger partial charge in [-0.3, -0.25) is 0 Å². The Bertz CT molecular complexity index is 404. The van der Waals surface area contributed by atoms with Crippen molar-refractivity contribution < 1.29 is 4.74 Å². The molecule has 0 amide bonds. The lowest BCUT2D eigenvalue weighted by atomic mass is 10.1. The van der Waals surface area contributed by atoms with Crippen LogP contribution in [0.15, 0.2) is 0 Å². The summed E-state index contributed by atoms with van der Waals surface area (Å²) in [6.45, 7) is 12.5. The molecule has 0 saturated carbocycles. The number of anilines is 1. The zero-order valence-corrected chi connectivity index (χ0v) is 12.4. The normalized spacial score (nSPS) is 16.2. The van der Waals surface area contributed by atoms with Crippen molar-refractivity contribution >= 4 is 5.95 Å². The molecule has 0 aromatic carbocycles. The van der Waals surface area contributed by atoms with E-state index in [0.29, 0.717) is 6.04 Å². The van der Waals surface area contributed by atoms with Crippen molar-refractivity contribution in [3.8, 4) is 0 Å². The van der Waals surface area contributed by atoms with Gasteiger partial charge in [-0.05, 0) is 13.8 Å². The number of morpholine rings is 1. The highest BCUT2D eigenvalue weighted by atomic mass is 16.5. The fourth-order valence-electron chi connectivity index (χ4n) is 2.19. The van der Waals surface area contributed by atoms with Gasteiger partial charge in [-0.1, -0.05) is 13.8 Å². The molecule has 106 valence electrons. The summed E-state index contributed by atoms with van der Waals surface area (Å²) in [7, 11) is 0. The van der Waals surface area contributed by atoms with E-state index >= 15 is 0 Å². The lowest BCUT2D eigenvalue weighted by molar-refractivity contribution is 0.122. The van der Waals surface area contributed by atoms with Gasteiger partial charge in [0.1, 0.15) is 0 Å². The summed E-state index contributed by atoms with van der Waals surface area (Å²) in [5, 5.41) is 3.43. The van der Waals surface area contributed by atoms with Crippen molar-refractivity contribution in [2.75, 3.05) is 31.2 Å². The first kappa shape index (κ1) is 14.2. The summed E-state index contributed by atoms with van der Waals surface area (Å²) in [6, 6.07) is 0.470. The molecule has 0 spiro atoms. The number of nitrogens with one attached hydrogen (secondary N) is 1. The van der Waals surface area contributed by atoms with Gasteiger partial charge in [0.25, 0.3) is 0 Å². The zero-order chi connectivity index (χ0) is 13.8. The van der Waals surface area contributed by atoms with Gasteiger partial charge < -0.3 is 15.0 Å². The van der Waals surface area contributed by atoms with Crippen molar-refractivity contribution in [2.24, 2.45) is 0 Å². The average molecular weight is 264 g/mol. The first-order valence-electron chi connectivity index (χ1n) is 6.98. The molecular formula is C14H24N4O. The Morgan fingerprint density at radius 2 is 1.74 bits per heavy atom. The van der Waals surface area contributed by atoms with Crippen molar-refractivity contribution in [2.45, 2.75) is 40.3 Å². The maximum atomic E-state index is 5.36. The van der Waals surface area contributed by atoms with Gasteiger partial charge in [0.2, 0.25) is 5.95 Å². The Balaban J connectivity index is 2.15. The highest BCUT2D eigenvalue weighted by Gasteiger charge is 2.16. The summed E-state index contributed by atoms with van der Waals surface area (Å²) >= 11 is 0. The number of aryl methyl sites for hydroxylation is 2. The summed E-state index contributed by atoms with van der Waals surface area (Å²) < 4.78 is 5.36. The summed E-state index contributed by atoms with van der Waals surface area (Å²) in [4.78, 5) is 11.5. The number of hydrogen-bond donors (Lipinski definition) is 1. The zero-order valence-electron chi connectivity index (χ0n) is 12.4. The molecule has 0 bridgehead atoms. The second kappa shape index (κ2) is 6.30. The molecule has 1 fully saturated rings. The maximum absolute atomic E-state index is 5.36. The average Bonchev–Trinajstić information content (AvgIpc) is 2.38. The van der Waals surface area contributed by atoms with E-state index in [4.69, 9.17) is 4.74 Å². The number of aromatic nitrogens is 2. The highest BCUT2D eigenvalue weighted by molar-refractivity contribution is 5.36. The van der Waals surface area contributed by atoms with Crippen LogP contribution < -0.4 is 10.2 Å². The first-order chi connectivity index (χ1) is 9.08. The minimum absolute atomic E-state index is 0.470. The molecule has 1 aliphatic rings. The molecule has 0 aliphatic carbocycles. The Hall–Kier alpha value is -1.20. The fraction of sp³-hybridized carbons (Fsp3) is 0.714. The van der Waals surface area contributed by atoms with E-state index in [0.717, 1.165) is 50.2 Å². The summed E-state index contributed by atoms with van der Waals surface area (Å²) in [5.41, 5.74) is 3.36. The van der Waals surface area contributed by atoms with Crippen molar-refractivity contribution in [3.63, 3.8) is 0 Å². The second-order valence-electron chi connectivity index (χ2n) is 5.31. The number of hydrogen-bond acceptors (Lipinski definition) is 5. The van der Waals surface area contributed by atoms with Crippen LogP contribution in [0, 0.1) is 13.8 Å². The molecule has 5 nitrogen and oxygen atoms in total. The van der Waals surface area contributed by atoms with E-state index in [9.17, 15) is 0 Å². The smallest absolute Gasteiger partial charge is 0.225 e. The third-order valence-electron chi connectivity index (χ3n) is 3.39. The highest BCUT2D eigenvalue weighted by Crippen LogP contribution is 2.16. The van der Waals surface area contributed by atoms with Gasteiger partial charge in [0.15, 0.2) is 0 Å². The molecule has 1 aromatic rings. The van der Waals surface area contributed by atoms with E-state index < -0.39 is 0 Å². The van der Waals surface area contributed by atoms with Crippen LogP contribution in [0.3, 0.4) is 0 Å². The van der Waals surface area contributed by atoms with Crippen LogP contribution in [0.5, 0.6) is 0 Å². The van der Waals surface area contributed by atoms with Crippen LogP contribution in [0.25, 0.3) is 0 Å². The Labute approximate surface area is 115 Å². The fourth-order valence-corrected chi connectivity index (χ4v) is 2.19. The minimum Gasteiger partial charge on any atom is -0.378 e. The van der Waals surface area contributed by atoms with Crippen LogP contribution in [0.2, 0.25) is 0 Å². The summed E-state index contributed by atoms with van der Waals surface area (Å²) in [6.07, 6.45) is 0. The van der Waals surface area contributed by atoms with E-state index in [2.05, 4.69) is 47.9 Å². The molecule has 2 rings (SSSR count). The molecule has 1 saturated heterocycles. The number of nitrogens with zero attached hydrogens (tertiary/aromatic N) is 3. The van der Waals surface area contributed by atoms with Crippen LogP contribution in [-0.2, 0) is 11.3 Å². The monoisotopic (exact) mass is 264 g/mol. The molecule has 0 radical (unpaired) electrons. The predicted molar refractivity (Wildman–Crippen MR) is 76.5 cm³/mol. The number of rotatable bonds is 4. The topological polar surface area (TPSA) is 50.3 Å². The molecular weight excluding hydrogens is 240 g/mol. The molecule has 0 atom stereocenters. The van der Waals surface area contributed by atoms with E-state index in [1.165, 1.54) is 5.56 Å². The quantitative estimate of drug-likeness (QED) is 0.891. The van der Waals surface area contributed by atoms with Gasteiger partial charge in [-0.2, -0.15) is 0 Å². The molecule has 2 heterocycles. The van der Waals surface area contributed by atoms with Crippen molar-refractivity contribution in [1.82, 2.24) is 15.3 Å². The maximum Gasteiger partial charge on any atom is 0.225 e. The Kier molecular flexibility index (Phi) is 4.71. The van der Waals surface area contributed by atoms with E-state index in [1.54, 1.807) is 0 Å². The van der Waals surface area contributed by atoms with Gasteiger partial charge in [-0.15, -0.1) is 0 Å². The largest absolute Gasteiger partial charge is 0.378 e. The first-order valence-corrected chi connectivity index (χ1v) is 6.98. The van der Waals surface area contributed by atoms with Crippen molar-refractivity contribution in [1.29, 1.82) is 0 Å². The molecule has 5 heteroatoms. The van der Waals surface area contributed by atoms with Crippen LogP contribution in [-0.4, -0.2) is 42.3 Å². The summed E-state index contributed by atoms with van der Waals surface area (Å²) in [5.74, 6) is 0.839. The number of ether oxygens (including phenoxy) is 1. The standard InChI is InChI=1S/C14H24N4O/c1-10(2)15-9-13-11(3)16-14(17-12(13)4)18-5-7-19-8-6-18/h10,15H,5-9H2,1-4H3. The van der Waals surface area contributed by atoms with Gasteiger partial charge in [-0.25, -0.2) is 9.97 Å². The predicted octanol–water partition coefficient (Wildman–Crippen LogP) is 1.43. The van der Waals surface area contributed by atoms with E-state index in [-0.39, 0.29) is 0 Å². The van der Waals surface area contributed by atoms with Crippen molar-refractivity contribution in [3.05, 3.63) is 17.0 Å². The van der Waals surface area contributed by atoms with Gasteiger partial charge in [0.05, 0.1) is 13.2 Å². The van der Waals surface area contributed by atoms with Crippen LogP contribution in [0.1, 0.15) is 30.8 Å². The SMILES string of the molecule is Cc1nc(N2CCOCC2)nc(C)c1CNC(C)C. The van der Waals surface area contributed by atoms with Crippen LogP contribution >= 0.6 is 0 Å². The van der Waals surface area contributed by atoms with Gasteiger partial charge >= 0.3 is 0 Å². The lowest BCUT2D eigenvalue weighted by Gasteiger charge is -2.27. The minimum atomic E-state index is 0.470. The molecule has 19 heavy (non-hydrogen) atoms. The third-order valence-corrected chi connectivity index (χ3v) is 3.39. The molecule has 1 aliphatic heterocycles. The van der Waals surface area contributed by atoms with E-state index in [1.807, 2.05) is 0 Å². The second-order valence-corrected chi connectivity index (χ2v) is 5.31. The molecule has 0 unspecified atom stereocenters. The molecule has 1 N–H and O–H groups in total. The van der Waals surface area contributed by atoms with Crippen LogP contribution in [0.4, 0.5) is 5.95 Å². The third kappa shape index (κ3) is 3.64. The van der Waals surface area contributed by atoms with Gasteiger partial charge in [0, 0.05) is 42.6 Å². The lowest BCUT2D eigenvalue weighted by Crippen LogP contribution is -2.37. The Morgan fingerprint density at radius 3 is 2.26 bits per heavy atom. The molecule has 1 aromatic heterocycles.